The summed E-state index contributed by atoms with van der Waals surface area (Å²) in [5.41, 5.74) is 8.63. The molecule has 0 saturated carbocycles. The van der Waals surface area contributed by atoms with E-state index in [-0.39, 0.29) is 5.92 Å². The van der Waals surface area contributed by atoms with Gasteiger partial charge in [-0.2, -0.15) is 0 Å². The predicted octanol–water partition coefficient (Wildman–Crippen LogP) is 6.27. The van der Waals surface area contributed by atoms with Crippen LogP contribution in [-0.4, -0.2) is 0 Å². The highest BCUT2D eigenvalue weighted by Crippen LogP contribution is 2.60. The smallest absolute Gasteiger partial charge is 0.130 e. The molecule has 0 amide bonds. The van der Waals surface area contributed by atoms with Crippen molar-refractivity contribution in [2.75, 3.05) is 0 Å². The molecule has 1 aliphatic heterocycles. The topological polar surface area (TPSA) is 9.23 Å². The van der Waals surface area contributed by atoms with Gasteiger partial charge in [0.25, 0.3) is 0 Å². The summed E-state index contributed by atoms with van der Waals surface area (Å²) in [7, 11) is 0. The first-order valence-electron chi connectivity index (χ1n) is 9.86. The molecule has 6 rings (SSSR count). The highest BCUT2D eigenvalue weighted by atomic mass is 16.5. The molecule has 2 atom stereocenters. The monoisotopic (exact) mass is 360 g/mol. The predicted molar refractivity (Wildman–Crippen MR) is 112 cm³/mol. The standard InChI is InChI=1S/C27H20O/c1-3-10-19(11-4-1)25-23-16-8-7-15-22(23)24-17-9-12-20-18-28-27(25,26(20)24)21-13-5-2-6-14-21/h1-17,25H,18H2/t25-,27-/m1/s1. The summed E-state index contributed by atoms with van der Waals surface area (Å²) < 4.78 is 6.80. The van der Waals surface area contributed by atoms with Crippen molar-refractivity contribution < 1.29 is 4.74 Å². The Morgan fingerprint density at radius 2 is 1.32 bits per heavy atom. The van der Waals surface area contributed by atoms with Crippen molar-refractivity contribution in [1.29, 1.82) is 0 Å². The van der Waals surface area contributed by atoms with Gasteiger partial charge in [0.1, 0.15) is 5.60 Å². The molecule has 0 spiro atoms. The number of hydrogen-bond acceptors (Lipinski definition) is 1. The maximum Gasteiger partial charge on any atom is 0.130 e. The van der Waals surface area contributed by atoms with Gasteiger partial charge < -0.3 is 4.74 Å². The quantitative estimate of drug-likeness (QED) is 0.409. The van der Waals surface area contributed by atoms with E-state index in [1.165, 1.54) is 38.9 Å². The van der Waals surface area contributed by atoms with Crippen LogP contribution in [0.15, 0.2) is 103 Å². The zero-order valence-corrected chi connectivity index (χ0v) is 15.5. The van der Waals surface area contributed by atoms with E-state index in [9.17, 15) is 0 Å². The first-order chi connectivity index (χ1) is 13.9. The van der Waals surface area contributed by atoms with Crippen molar-refractivity contribution in [3.8, 4) is 11.1 Å². The van der Waals surface area contributed by atoms with Crippen LogP contribution in [0.4, 0.5) is 0 Å². The third-order valence-corrected chi connectivity index (χ3v) is 6.28. The highest BCUT2D eigenvalue weighted by Gasteiger charge is 2.53. The number of benzene rings is 4. The van der Waals surface area contributed by atoms with Crippen LogP contribution >= 0.6 is 0 Å². The molecule has 0 aromatic heterocycles. The Morgan fingerprint density at radius 1 is 0.643 bits per heavy atom. The highest BCUT2D eigenvalue weighted by molar-refractivity contribution is 5.80. The minimum atomic E-state index is -0.497. The van der Waals surface area contributed by atoms with Crippen LogP contribution in [0.5, 0.6) is 0 Å². The number of hydrogen-bond donors (Lipinski definition) is 0. The molecule has 0 N–H and O–H groups in total. The van der Waals surface area contributed by atoms with Crippen LogP contribution in [0.3, 0.4) is 0 Å². The van der Waals surface area contributed by atoms with Gasteiger partial charge in [-0.3, -0.25) is 0 Å². The lowest BCUT2D eigenvalue weighted by molar-refractivity contribution is -0.0184. The minimum absolute atomic E-state index is 0.114. The fourth-order valence-electron chi connectivity index (χ4n) is 5.23. The molecule has 2 aliphatic rings. The summed E-state index contributed by atoms with van der Waals surface area (Å²) in [6.45, 7) is 0.648. The summed E-state index contributed by atoms with van der Waals surface area (Å²) in [6, 6.07) is 37.1. The van der Waals surface area contributed by atoms with E-state index >= 15 is 0 Å². The largest absolute Gasteiger partial charge is 0.360 e. The van der Waals surface area contributed by atoms with Gasteiger partial charge in [-0.15, -0.1) is 0 Å². The molecule has 28 heavy (non-hydrogen) atoms. The summed E-state index contributed by atoms with van der Waals surface area (Å²) in [6.07, 6.45) is 0. The Bertz CT molecular complexity index is 1160. The summed E-state index contributed by atoms with van der Waals surface area (Å²) in [5.74, 6) is 0.114. The number of ether oxygens (including phenoxy) is 1. The molecule has 0 bridgehead atoms. The number of fused-ring (bicyclic) bond motifs is 2. The Morgan fingerprint density at radius 3 is 2.14 bits per heavy atom. The Labute approximate surface area is 165 Å². The summed E-state index contributed by atoms with van der Waals surface area (Å²) in [4.78, 5) is 0. The molecule has 1 heterocycles. The van der Waals surface area contributed by atoms with Crippen molar-refractivity contribution in [3.63, 3.8) is 0 Å². The van der Waals surface area contributed by atoms with Crippen molar-refractivity contribution in [3.05, 3.63) is 131 Å². The third kappa shape index (κ3) is 2.00. The van der Waals surface area contributed by atoms with Crippen molar-refractivity contribution in [2.24, 2.45) is 0 Å². The average Bonchev–Trinajstić information content (AvgIpc) is 3.17. The lowest BCUT2D eigenvalue weighted by atomic mass is 9.63. The Balaban J connectivity index is 1.77. The van der Waals surface area contributed by atoms with Gasteiger partial charge in [0.15, 0.2) is 0 Å². The van der Waals surface area contributed by atoms with Crippen LogP contribution < -0.4 is 0 Å². The molecule has 1 aliphatic carbocycles. The molecule has 4 aromatic carbocycles. The normalized spacial score (nSPS) is 21.8. The lowest BCUT2D eigenvalue weighted by Crippen LogP contribution is -2.38. The van der Waals surface area contributed by atoms with Crippen LogP contribution in [0.25, 0.3) is 11.1 Å². The third-order valence-electron chi connectivity index (χ3n) is 6.28. The second kappa shape index (κ2) is 5.92. The fourth-order valence-corrected chi connectivity index (χ4v) is 5.23. The van der Waals surface area contributed by atoms with Gasteiger partial charge in [0.2, 0.25) is 0 Å². The van der Waals surface area contributed by atoms with Gasteiger partial charge in [0, 0.05) is 11.5 Å². The molecule has 134 valence electrons. The van der Waals surface area contributed by atoms with Crippen LogP contribution in [0, 0.1) is 0 Å². The zero-order chi connectivity index (χ0) is 18.6. The second-order valence-corrected chi connectivity index (χ2v) is 7.66. The van der Waals surface area contributed by atoms with E-state index in [1.54, 1.807) is 0 Å². The summed E-state index contributed by atoms with van der Waals surface area (Å²) >= 11 is 0. The second-order valence-electron chi connectivity index (χ2n) is 7.66. The molecule has 1 heteroatoms. The molecule has 0 radical (unpaired) electrons. The molecular weight excluding hydrogens is 340 g/mol. The van der Waals surface area contributed by atoms with Gasteiger partial charge in [-0.05, 0) is 33.4 Å². The van der Waals surface area contributed by atoms with Crippen molar-refractivity contribution in [2.45, 2.75) is 18.1 Å². The molecular formula is C27H20O. The molecule has 1 nitrogen and oxygen atoms in total. The molecule has 0 saturated heterocycles. The van der Waals surface area contributed by atoms with E-state index in [0.29, 0.717) is 6.61 Å². The van der Waals surface area contributed by atoms with Gasteiger partial charge in [-0.1, -0.05) is 103 Å². The average molecular weight is 360 g/mol. The number of rotatable bonds is 2. The maximum atomic E-state index is 6.80. The van der Waals surface area contributed by atoms with Crippen molar-refractivity contribution >= 4 is 0 Å². The zero-order valence-electron chi connectivity index (χ0n) is 15.5. The van der Waals surface area contributed by atoms with Crippen LogP contribution in [0.2, 0.25) is 0 Å². The Hall–Kier alpha value is -3.16. The SMILES string of the molecule is c1ccc([C@@H]2c3ccccc3-c3cccc4c3[C@]2(c2ccccc2)OC4)cc1. The van der Waals surface area contributed by atoms with Gasteiger partial charge in [-0.25, -0.2) is 0 Å². The van der Waals surface area contributed by atoms with Gasteiger partial charge in [0.05, 0.1) is 6.61 Å². The van der Waals surface area contributed by atoms with Crippen LogP contribution in [-0.2, 0) is 16.9 Å². The lowest BCUT2D eigenvalue weighted by Gasteiger charge is -2.44. The van der Waals surface area contributed by atoms with E-state index in [4.69, 9.17) is 4.74 Å². The van der Waals surface area contributed by atoms with E-state index in [1.807, 2.05) is 0 Å². The first kappa shape index (κ1) is 15.9. The van der Waals surface area contributed by atoms with Gasteiger partial charge >= 0.3 is 0 Å². The molecule has 0 fully saturated rings. The minimum Gasteiger partial charge on any atom is -0.360 e. The van der Waals surface area contributed by atoms with E-state index in [2.05, 4.69) is 103 Å². The van der Waals surface area contributed by atoms with E-state index < -0.39 is 5.60 Å². The van der Waals surface area contributed by atoms with Crippen molar-refractivity contribution in [1.82, 2.24) is 0 Å². The van der Waals surface area contributed by atoms with Crippen LogP contribution in [0.1, 0.15) is 33.7 Å². The fraction of sp³-hybridized carbons (Fsp3) is 0.111. The summed E-state index contributed by atoms with van der Waals surface area (Å²) in [5, 5.41) is 0. The Kier molecular flexibility index (Phi) is 3.35. The molecule has 0 unspecified atom stereocenters. The molecule has 4 aromatic rings. The van der Waals surface area contributed by atoms with E-state index in [0.717, 1.165) is 0 Å². The maximum absolute atomic E-state index is 6.80. The first-order valence-corrected chi connectivity index (χ1v) is 9.86.